The Labute approximate surface area is 125 Å². The SMILES string of the molecule is Cc1cc(C)c(C(=O)N2CCCC(C)C2C(=O)O)c(C)c1. The first-order valence-corrected chi connectivity index (χ1v) is 7.44. The second-order valence-corrected chi connectivity index (χ2v) is 6.17. The van der Waals surface area contributed by atoms with E-state index in [1.54, 1.807) is 4.90 Å². The van der Waals surface area contributed by atoms with E-state index in [1.165, 1.54) is 0 Å². The molecule has 1 aliphatic rings. The van der Waals surface area contributed by atoms with Crippen molar-refractivity contribution in [2.24, 2.45) is 5.92 Å². The topological polar surface area (TPSA) is 57.6 Å². The zero-order chi connectivity index (χ0) is 15.7. The van der Waals surface area contributed by atoms with E-state index in [9.17, 15) is 14.7 Å². The monoisotopic (exact) mass is 289 g/mol. The molecule has 21 heavy (non-hydrogen) atoms. The molecule has 0 saturated carbocycles. The Bertz CT molecular complexity index is 556. The van der Waals surface area contributed by atoms with Crippen LogP contribution in [0, 0.1) is 26.7 Å². The van der Waals surface area contributed by atoms with Crippen LogP contribution in [0.2, 0.25) is 0 Å². The highest BCUT2D eigenvalue weighted by Gasteiger charge is 2.38. The van der Waals surface area contributed by atoms with E-state index in [2.05, 4.69) is 0 Å². The van der Waals surface area contributed by atoms with Gasteiger partial charge in [0.05, 0.1) is 0 Å². The normalized spacial score (nSPS) is 22.2. The number of aryl methyl sites for hydroxylation is 3. The third-order valence-corrected chi connectivity index (χ3v) is 4.34. The maximum atomic E-state index is 12.9. The van der Waals surface area contributed by atoms with Crippen molar-refractivity contribution in [1.29, 1.82) is 0 Å². The predicted octanol–water partition coefficient (Wildman–Crippen LogP) is 2.94. The minimum absolute atomic E-state index is 0.00809. The molecule has 2 atom stereocenters. The van der Waals surface area contributed by atoms with E-state index >= 15 is 0 Å². The molecule has 1 N–H and O–H groups in total. The number of hydrogen-bond acceptors (Lipinski definition) is 2. The van der Waals surface area contributed by atoms with Crippen LogP contribution in [0.15, 0.2) is 12.1 Å². The fourth-order valence-electron chi connectivity index (χ4n) is 3.45. The molecule has 114 valence electrons. The lowest BCUT2D eigenvalue weighted by Gasteiger charge is -2.37. The number of hydrogen-bond donors (Lipinski definition) is 1. The molecule has 2 unspecified atom stereocenters. The number of rotatable bonds is 2. The summed E-state index contributed by atoms with van der Waals surface area (Å²) < 4.78 is 0. The zero-order valence-corrected chi connectivity index (χ0v) is 13.1. The fourth-order valence-corrected chi connectivity index (χ4v) is 3.45. The molecule has 1 aromatic rings. The van der Waals surface area contributed by atoms with Crippen LogP contribution in [-0.2, 0) is 4.79 Å². The summed E-state index contributed by atoms with van der Waals surface area (Å²) >= 11 is 0. The van der Waals surface area contributed by atoms with Gasteiger partial charge in [-0.25, -0.2) is 4.79 Å². The third-order valence-electron chi connectivity index (χ3n) is 4.34. The lowest BCUT2D eigenvalue weighted by Crippen LogP contribution is -2.52. The Morgan fingerprint density at radius 3 is 2.29 bits per heavy atom. The molecule has 1 fully saturated rings. The summed E-state index contributed by atoms with van der Waals surface area (Å²) in [6, 6.07) is 3.23. The molecule has 1 aliphatic heterocycles. The average Bonchev–Trinajstić information content (AvgIpc) is 2.36. The molecule has 1 amide bonds. The van der Waals surface area contributed by atoms with Crippen molar-refractivity contribution in [3.05, 3.63) is 34.4 Å². The molecule has 1 aromatic carbocycles. The molecule has 0 bridgehead atoms. The molecule has 2 rings (SSSR count). The van der Waals surface area contributed by atoms with Crippen molar-refractivity contribution < 1.29 is 14.7 Å². The number of benzene rings is 1. The maximum absolute atomic E-state index is 12.9. The number of carbonyl (C=O) groups is 2. The van der Waals surface area contributed by atoms with Gasteiger partial charge in [-0.2, -0.15) is 0 Å². The number of carboxylic acid groups (broad SMARTS) is 1. The van der Waals surface area contributed by atoms with E-state index in [0.717, 1.165) is 29.5 Å². The molecule has 0 spiro atoms. The van der Waals surface area contributed by atoms with Gasteiger partial charge in [0.15, 0.2) is 0 Å². The molecule has 1 heterocycles. The lowest BCUT2D eigenvalue weighted by atomic mass is 9.89. The van der Waals surface area contributed by atoms with Crippen molar-refractivity contribution in [2.75, 3.05) is 6.54 Å². The highest BCUT2D eigenvalue weighted by Crippen LogP contribution is 2.27. The van der Waals surface area contributed by atoms with Crippen molar-refractivity contribution in [2.45, 2.75) is 46.6 Å². The van der Waals surface area contributed by atoms with Crippen LogP contribution < -0.4 is 0 Å². The summed E-state index contributed by atoms with van der Waals surface area (Å²) in [5.74, 6) is -1.06. The highest BCUT2D eigenvalue weighted by atomic mass is 16.4. The first-order valence-electron chi connectivity index (χ1n) is 7.44. The van der Waals surface area contributed by atoms with Crippen molar-refractivity contribution in [3.8, 4) is 0 Å². The quantitative estimate of drug-likeness (QED) is 0.910. The van der Waals surface area contributed by atoms with Crippen LogP contribution in [0.5, 0.6) is 0 Å². The summed E-state index contributed by atoms with van der Waals surface area (Å²) in [6.45, 7) is 8.25. The van der Waals surface area contributed by atoms with E-state index in [4.69, 9.17) is 0 Å². The van der Waals surface area contributed by atoms with E-state index < -0.39 is 12.0 Å². The predicted molar refractivity (Wildman–Crippen MR) is 81.5 cm³/mol. The van der Waals surface area contributed by atoms with Gasteiger partial charge in [-0.1, -0.05) is 24.6 Å². The minimum atomic E-state index is -0.905. The molecule has 0 aromatic heterocycles. The van der Waals surface area contributed by atoms with Crippen LogP contribution in [0.4, 0.5) is 0 Å². The van der Waals surface area contributed by atoms with Gasteiger partial charge in [-0.15, -0.1) is 0 Å². The van der Waals surface area contributed by atoms with Crippen LogP contribution in [0.25, 0.3) is 0 Å². The molecule has 0 radical (unpaired) electrons. The number of carboxylic acids is 1. The lowest BCUT2D eigenvalue weighted by molar-refractivity contribution is -0.145. The number of nitrogens with zero attached hydrogens (tertiary/aromatic N) is 1. The second-order valence-electron chi connectivity index (χ2n) is 6.17. The highest BCUT2D eigenvalue weighted by molar-refractivity contribution is 5.99. The average molecular weight is 289 g/mol. The Balaban J connectivity index is 2.41. The van der Waals surface area contributed by atoms with Gasteiger partial charge < -0.3 is 10.0 Å². The van der Waals surface area contributed by atoms with Crippen molar-refractivity contribution in [1.82, 2.24) is 4.90 Å². The standard InChI is InChI=1S/C17H23NO3/c1-10-8-12(3)14(13(4)9-10)16(19)18-7-5-6-11(2)15(18)17(20)21/h8-9,11,15H,5-7H2,1-4H3,(H,20,21). The Kier molecular flexibility index (Phi) is 4.35. The molecular weight excluding hydrogens is 266 g/mol. The van der Waals surface area contributed by atoms with Gasteiger partial charge in [0.2, 0.25) is 0 Å². The van der Waals surface area contributed by atoms with Crippen LogP contribution in [0.3, 0.4) is 0 Å². The van der Waals surface area contributed by atoms with Gasteiger partial charge >= 0.3 is 5.97 Å². The van der Waals surface area contributed by atoms with Crippen LogP contribution in [0.1, 0.15) is 46.8 Å². The number of likely N-dealkylation sites (tertiary alicyclic amines) is 1. The summed E-state index contributed by atoms with van der Waals surface area (Å²) in [5.41, 5.74) is 3.60. The van der Waals surface area contributed by atoms with Crippen LogP contribution >= 0.6 is 0 Å². The van der Waals surface area contributed by atoms with E-state index in [1.807, 2.05) is 39.8 Å². The second kappa shape index (κ2) is 5.88. The molecule has 4 nitrogen and oxygen atoms in total. The minimum Gasteiger partial charge on any atom is -0.480 e. The van der Waals surface area contributed by atoms with Gasteiger partial charge in [-0.3, -0.25) is 4.79 Å². The number of amides is 1. The Morgan fingerprint density at radius 2 is 1.76 bits per heavy atom. The molecule has 0 aliphatic carbocycles. The number of aliphatic carboxylic acids is 1. The third kappa shape index (κ3) is 2.94. The summed E-state index contributed by atoms with van der Waals surface area (Å²) in [7, 11) is 0. The number of carbonyl (C=O) groups excluding carboxylic acids is 1. The molecular formula is C17H23NO3. The summed E-state index contributed by atoms with van der Waals surface area (Å²) in [6.07, 6.45) is 1.72. The van der Waals surface area contributed by atoms with Crippen molar-refractivity contribution in [3.63, 3.8) is 0 Å². The summed E-state index contributed by atoms with van der Waals surface area (Å²) in [4.78, 5) is 26.0. The zero-order valence-electron chi connectivity index (χ0n) is 13.1. The van der Waals surface area contributed by atoms with Crippen LogP contribution in [-0.4, -0.2) is 34.5 Å². The maximum Gasteiger partial charge on any atom is 0.326 e. The first kappa shape index (κ1) is 15.5. The summed E-state index contributed by atoms with van der Waals surface area (Å²) in [5, 5.41) is 9.46. The Hall–Kier alpha value is -1.84. The fraction of sp³-hybridized carbons (Fsp3) is 0.529. The van der Waals surface area contributed by atoms with Gasteiger partial charge in [-0.05, 0) is 50.7 Å². The van der Waals surface area contributed by atoms with E-state index in [0.29, 0.717) is 12.1 Å². The Morgan fingerprint density at radius 1 is 1.19 bits per heavy atom. The smallest absolute Gasteiger partial charge is 0.326 e. The van der Waals surface area contributed by atoms with Gasteiger partial charge in [0.25, 0.3) is 5.91 Å². The van der Waals surface area contributed by atoms with Crippen molar-refractivity contribution >= 4 is 11.9 Å². The largest absolute Gasteiger partial charge is 0.480 e. The first-order chi connectivity index (χ1) is 9.82. The van der Waals surface area contributed by atoms with E-state index in [-0.39, 0.29) is 11.8 Å². The van der Waals surface area contributed by atoms with Gasteiger partial charge in [0, 0.05) is 12.1 Å². The number of piperidine rings is 1. The molecule has 4 heteroatoms. The van der Waals surface area contributed by atoms with Gasteiger partial charge in [0.1, 0.15) is 6.04 Å². The molecule has 1 saturated heterocycles.